The van der Waals surface area contributed by atoms with E-state index in [2.05, 4.69) is 0 Å². The number of carbonyl (C=O) groups excluding carboxylic acids is 1. The Bertz CT molecular complexity index is 374. The van der Waals surface area contributed by atoms with Crippen LogP contribution in [0, 0.1) is 17.0 Å². The highest BCUT2D eigenvalue weighted by Crippen LogP contribution is 2.22. The van der Waals surface area contributed by atoms with Crippen LogP contribution in [0.1, 0.15) is 24.0 Å². The smallest absolute Gasteiger partial charge is 0.272 e. The minimum absolute atomic E-state index is 0.0897. The molecule has 0 bridgehead atoms. The third-order valence-electron chi connectivity index (χ3n) is 2.15. The molecule has 0 spiro atoms. The van der Waals surface area contributed by atoms with Crippen molar-refractivity contribution in [3.63, 3.8) is 0 Å². The Hall–Kier alpha value is -1.71. The second kappa shape index (κ2) is 4.00. The van der Waals surface area contributed by atoms with Crippen molar-refractivity contribution in [1.29, 1.82) is 0 Å². The highest BCUT2D eigenvalue weighted by atomic mass is 16.6. The molecule has 0 amide bonds. The molecule has 14 heavy (non-hydrogen) atoms. The monoisotopic (exact) mass is 193 g/mol. The van der Waals surface area contributed by atoms with E-state index in [0.29, 0.717) is 5.56 Å². The van der Waals surface area contributed by atoms with Crippen LogP contribution in [0.25, 0.3) is 0 Å². The van der Waals surface area contributed by atoms with Gasteiger partial charge in [0, 0.05) is 17.5 Å². The van der Waals surface area contributed by atoms with E-state index in [4.69, 9.17) is 0 Å². The molecule has 0 saturated heterocycles. The molecule has 4 heteroatoms. The van der Waals surface area contributed by atoms with Crippen LogP contribution >= 0.6 is 0 Å². The molecule has 1 atom stereocenters. The maximum absolute atomic E-state index is 10.5. The van der Waals surface area contributed by atoms with E-state index in [0.717, 1.165) is 11.8 Å². The fraction of sp³-hybridized carbons (Fsp3) is 0.300. The molecule has 0 fully saturated rings. The van der Waals surface area contributed by atoms with E-state index < -0.39 is 4.92 Å². The van der Waals surface area contributed by atoms with E-state index in [1.165, 1.54) is 6.07 Å². The first-order chi connectivity index (χ1) is 6.56. The second-order valence-electron chi connectivity index (χ2n) is 3.23. The maximum Gasteiger partial charge on any atom is 0.272 e. The molecule has 0 N–H and O–H groups in total. The SMILES string of the molecule is Cc1cc(C(C)C=O)ccc1[N+](=O)[O-]. The van der Waals surface area contributed by atoms with Gasteiger partial charge in [0.05, 0.1) is 4.92 Å². The van der Waals surface area contributed by atoms with Gasteiger partial charge in [0.15, 0.2) is 0 Å². The minimum atomic E-state index is -0.426. The first-order valence-electron chi connectivity index (χ1n) is 4.26. The Kier molecular flexibility index (Phi) is 2.96. The normalized spacial score (nSPS) is 12.1. The Morgan fingerprint density at radius 1 is 1.50 bits per heavy atom. The minimum Gasteiger partial charge on any atom is -0.303 e. The standard InChI is InChI=1S/C10H11NO3/c1-7-5-9(8(2)6-12)3-4-10(7)11(13)14/h3-6,8H,1-2H3. The van der Waals surface area contributed by atoms with Gasteiger partial charge in [-0.05, 0) is 18.6 Å². The number of carbonyl (C=O) groups is 1. The van der Waals surface area contributed by atoms with Crippen LogP contribution < -0.4 is 0 Å². The van der Waals surface area contributed by atoms with Crippen LogP contribution in [0.3, 0.4) is 0 Å². The zero-order chi connectivity index (χ0) is 10.7. The van der Waals surface area contributed by atoms with Gasteiger partial charge in [0.2, 0.25) is 0 Å². The van der Waals surface area contributed by atoms with Gasteiger partial charge >= 0.3 is 0 Å². The molecule has 0 aliphatic rings. The Labute approximate surface area is 81.7 Å². The summed E-state index contributed by atoms with van der Waals surface area (Å²) >= 11 is 0. The topological polar surface area (TPSA) is 60.2 Å². The van der Waals surface area contributed by atoms with E-state index in [9.17, 15) is 14.9 Å². The molecule has 0 saturated carbocycles. The first kappa shape index (κ1) is 10.4. The predicted octanol–water partition coefficient (Wildman–Crippen LogP) is 2.21. The van der Waals surface area contributed by atoms with Gasteiger partial charge in [-0.15, -0.1) is 0 Å². The molecule has 0 aliphatic heterocycles. The van der Waals surface area contributed by atoms with Crippen LogP contribution in [0.4, 0.5) is 5.69 Å². The molecule has 1 aromatic rings. The van der Waals surface area contributed by atoms with Crippen molar-refractivity contribution < 1.29 is 9.72 Å². The third-order valence-corrected chi connectivity index (χ3v) is 2.15. The Morgan fingerprint density at radius 2 is 2.14 bits per heavy atom. The molecular weight excluding hydrogens is 182 g/mol. The van der Waals surface area contributed by atoms with E-state index in [1.807, 2.05) is 0 Å². The summed E-state index contributed by atoms with van der Waals surface area (Å²) in [5.41, 5.74) is 1.48. The fourth-order valence-electron chi connectivity index (χ4n) is 1.25. The molecule has 0 heterocycles. The Morgan fingerprint density at radius 3 is 2.57 bits per heavy atom. The highest BCUT2D eigenvalue weighted by Gasteiger charge is 2.12. The summed E-state index contributed by atoms with van der Waals surface area (Å²) in [5.74, 6) is -0.213. The lowest BCUT2D eigenvalue weighted by Gasteiger charge is -2.04. The van der Waals surface area contributed by atoms with Gasteiger partial charge < -0.3 is 4.79 Å². The predicted molar refractivity (Wildman–Crippen MR) is 52.3 cm³/mol. The summed E-state index contributed by atoms with van der Waals surface area (Å²) in [7, 11) is 0. The maximum atomic E-state index is 10.5. The van der Waals surface area contributed by atoms with Gasteiger partial charge in [-0.3, -0.25) is 10.1 Å². The number of nitro benzene ring substituents is 1. The fourth-order valence-corrected chi connectivity index (χ4v) is 1.25. The van der Waals surface area contributed by atoms with Crippen molar-refractivity contribution in [2.45, 2.75) is 19.8 Å². The first-order valence-corrected chi connectivity index (χ1v) is 4.26. The van der Waals surface area contributed by atoms with Crippen molar-refractivity contribution in [2.24, 2.45) is 0 Å². The summed E-state index contributed by atoms with van der Waals surface area (Å²) in [6.45, 7) is 3.42. The van der Waals surface area contributed by atoms with Crippen LogP contribution in [-0.4, -0.2) is 11.2 Å². The van der Waals surface area contributed by atoms with Crippen molar-refractivity contribution in [1.82, 2.24) is 0 Å². The average Bonchev–Trinajstić information content (AvgIpc) is 2.15. The summed E-state index contributed by atoms with van der Waals surface area (Å²) < 4.78 is 0. The van der Waals surface area contributed by atoms with E-state index >= 15 is 0 Å². The highest BCUT2D eigenvalue weighted by molar-refractivity contribution is 5.62. The molecule has 74 valence electrons. The quantitative estimate of drug-likeness (QED) is 0.420. The van der Waals surface area contributed by atoms with Gasteiger partial charge in [0.1, 0.15) is 6.29 Å². The lowest BCUT2D eigenvalue weighted by atomic mass is 10.00. The number of nitrogens with zero attached hydrogens (tertiary/aromatic N) is 1. The third kappa shape index (κ3) is 1.96. The molecule has 0 radical (unpaired) electrons. The molecular formula is C10H11NO3. The number of aryl methyl sites for hydroxylation is 1. The number of rotatable bonds is 3. The zero-order valence-corrected chi connectivity index (χ0v) is 8.06. The number of aldehydes is 1. The molecule has 1 rings (SSSR count). The van der Waals surface area contributed by atoms with Gasteiger partial charge in [-0.25, -0.2) is 0 Å². The number of benzene rings is 1. The largest absolute Gasteiger partial charge is 0.303 e. The summed E-state index contributed by atoms with van der Waals surface area (Å²) in [6, 6.07) is 4.73. The van der Waals surface area contributed by atoms with E-state index in [-0.39, 0.29) is 11.6 Å². The Balaban J connectivity index is 3.12. The number of nitro groups is 1. The lowest BCUT2D eigenvalue weighted by Crippen LogP contribution is -1.97. The number of hydrogen-bond acceptors (Lipinski definition) is 3. The molecule has 4 nitrogen and oxygen atoms in total. The molecule has 0 aromatic heterocycles. The van der Waals surface area contributed by atoms with Crippen molar-refractivity contribution in [3.05, 3.63) is 39.4 Å². The van der Waals surface area contributed by atoms with Crippen molar-refractivity contribution in [2.75, 3.05) is 0 Å². The van der Waals surface area contributed by atoms with Crippen LogP contribution in [0.2, 0.25) is 0 Å². The van der Waals surface area contributed by atoms with Gasteiger partial charge in [-0.2, -0.15) is 0 Å². The molecule has 1 aromatic carbocycles. The van der Waals surface area contributed by atoms with Crippen molar-refractivity contribution in [3.8, 4) is 0 Å². The molecule has 1 unspecified atom stereocenters. The average molecular weight is 193 g/mol. The van der Waals surface area contributed by atoms with Gasteiger partial charge in [-0.1, -0.05) is 13.0 Å². The van der Waals surface area contributed by atoms with Crippen molar-refractivity contribution >= 4 is 12.0 Å². The molecule has 0 aliphatic carbocycles. The summed E-state index contributed by atoms with van der Waals surface area (Å²) in [6.07, 6.45) is 0.820. The second-order valence-corrected chi connectivity index (χ2v) is 3.23. The number of hydrogen-bond donors (Lipinski definition) is 0. The summed E-state index contributed by atoms with van der Waals surface area (Å²) in [5, 5.41) is 10.5. The van der Waals surface area contributed by atoms with Crippen LogP contribution in [0.5, 0.6) is 0 Å². The van der Waals surface area contributed by atoms with Crippen LogP contribution in [0.15, 0.2) is 18.2 Å². The summed E-state index contributed by atoms with van der Waals surface area (Å²) in [4.78, 5) is 20.6. The lowest BCUT2D eigenvalue weighted by molar-refractivity contribution is -0.385. The van der Waals surface area contributed by atoms with E-state index in [1.54, 1.807) is 26.0 Å². The zero-order valence-electron chi connectivity index (χ0n) is 8.06. The van der Waals surface area contributed by atoms with Gasteiger partial charge in [0.25, 0.3) is 5.69 Å². The van der Waals surface area contributed by atoms with Crippen LogP contribution in [-0.2, 0) is 4.79 Å².